The van der Waals surface area contributed by atoms with E-state index in [1.165, 1.54) is 6.07 Å². The van der Waals surface area contributed by atoms with Gasteiger partial charge in [-0.3, -0.25) is 0 Å². The third kappa shape index (κ3) is 4.33. The molecule has 1 aromatic rings. The second-order valence-corrected chi connectivity index (χ2v) is 6.46. The highest BCUT2D eigenvalue weighted by atomic mass is 35.5. The molecule has 0 saturated heterocycles. The lowest BCUT2D eigenvalue weighted by molar-refractivity contribution is -0.133. The molecule has 1 aliphatic rings. The summed E-state index contributed by atoms with van der Waals surface area (Å²) in [6, 6.07) is 4.99. The minimum atomic E-state index is -0.789. The summed E-state index contributed by atoms with van der Waals surface area (Å²) in [4.78, 5) is 11.2. The van der Waals surface area contributed by atoms with E-state index in [2.05, 4.69) is 0 Å². The summed E-state index contributed by atoms with van der Waals surface area (Å²) >= 11 is 5.69. The van der Waals surface area contributed by atoms with Crippen molar-refractivity contribution in [1.82, 2.24) is 0 Å². The average molecular weight is 325 g/mol. The summed E-state index contributed by atoms with van der Waals surface area (Å²) in [6.45, 7) is 1.80. The monoisotopic (exact) mass is 324 g/mol. The Bertz CT molecular complexity index is 560. The van der Waals surface area contributed by atoms with Gasteiger partial charge < -0.3 is 5.11 Å². The molecular formula is C18H22ClFO2. The van der Waals surface area contributed by atoms with Gasteiger partial charge in [0.05, 0.1) is 5.02 Å². The van der Waals surface area contributed by atoms with Crippen LogP contribution in [0.5, 0.6) is 0 Å². The molecule has 22 heavy (non-hydrogen) atoms. The summed E-state index contributed by atoms with van der Waals surface area (Å²) in [7, 11) is 0. The van der Waals surface area contributed by atoms with E-state index in [1.54, 1.807) is 19.1 Å². The number of allylic oxidation sites excluding steroid dienone is 1. The largest absolute Gasteiger partial charge is 0.478 e. The summed E-state index contributed by atoms with van der Waals surface area (Å²) in [5, 5.41) is 9.34. The number of carbonyl (C=O) groups is 1. The lowest BCUT2D eigenvalue weighted by atomic mass is 9.76. The molecule has 4 heteroatoms. The van der Waals surface area contributed by atoms with Crippen LogP contribution in [0.3, 0.4) is 0 Å². The highest BCUT2D eigenvalue weighted by Crippen LogP contribution is 2.35. The first kappa shape index (κ1) is 17.0. The standard InChI is InChI=1S/C18H22ClFO2/c1-2-15(18(21)22)14-8-5-12(6-9-14)3-4-13-7-10-16(19)17(20)11-13/h2,7,10-12,14H,3-6,8-9H2,1H3,(H,21,22)/t12-,14-. The Hall–Kier alpha value is -1.35. The van der Waals surface area contributed by atoms with Crippen LogP contribution in [-0.2, 0) is 11.2 Å². The Kier molecular flexibility index (Phi) is 6.01. The highest BCUT2D eigenvalue weighted by Gasteiger charge is 2.26. The first-order chi connectivity index (χ1) is 10.5. The van der Waals surface area contributed by atoms with Crippen LogP contribution in [0.4, 0.5) is 4.39 Å². The summed E-state index contributed by atoms with van der Waals surface area (Å²) < 4.78 is 13.4. The number of hydrogen-bond donors (Lipinski definition) is 1. The number of carboxylic acids is 1. The number of rotatable bonds is 5. The van der Waals surface area contributed by atoms with Gasteiger partial charge in [-0.25, -0.2) is 9.18 Å². The summed E-state index contributed by atoms with van der Waals surface area (Å²) in [5.74, 6) is -0.363. The maximum Gasteiger partial charge on any atom is 0.331 e. The average Bonchev–Trinajstić information content (AvgIpc) is 2.50. The lowest BCUT2D eigenvalue weighted by Crippen LogP contribution is -2.20. The molecule has 0 bridgehead atoms. The topological polar surface area (TPSA) is 37.3 Å². The Balaban J connectivity index is 1.82. The molecule has 1 fully saturated rings. The number of halogens is 2. The summed E-state index contributed by atoms with van der Waals surface area (Å²) in [5.41, 5.74) is 1.53. The quantitative estimate of drug-likeness (QED) is 0.751. The molecular weight excluding hydrogens is 303 g/mol. The van der Waals surface area contributed by atoms with Gasteiger partial charge in [-0.15, -0.1) is 0 Å². The molecule has 1 aliphatic carbocycles. The fourth-order valence-electron chi connectivity index (χ4n) is 3.36. The van der Waals surface area contributed by atoms with Crippen LogP contribution in [-0.4, -0.2) is 11.1 Å². The smallest absolute Gasteiger partial charge is 0.331 e. The van der Waals surface area contributed by atoms with Crippen molar-refractivity contribution in [3.8, 4) is 0 Å². The number of carboxylic acid groups (broad SMARTS) is 1. The van der Waals surface area contributed by atoms with E-state index >= 15 is 0 Å². The molecule has 1 N–H and O–H groups in total. The van der Waals surface area contributed by atoms with Crippen molar-refractivity contribution in [3.63, 3.8) is 0 Å². The van der Waals surface area contributed by atoms with E-state index in [0.717, 1.165) is 44.1 Å². The number of benzene rings is 1. The van der Waals surface area contributed by atoms with Crippen molar-refractivity contribution in [2.45, 2.75) is 45.4 Å². The van der Waals surface area contributed by atoms with E-state index in [4.69, 9.17) is 11.6 Å². The van der Waals surface area contributed by atoms with Crippen molar-refractivity contribution < 1.29 is 14.3 Å². The molecule has 1 aromatic carbocycles. The Morgan fingerprint density at radius 2 is 2.05 bits per heavy atom. The van der Waals surface area contributed by atoms with Crippen LogP contribution in [0.25, 0.3) is 0 Å². The van der Waals surface area contributed by atoms with Crippen LogP contribution in [0, 0.1) is 17.7 Å². The molecule has 0 aromatic heterocycles. The van der Waals surface area contributed by atoms with Gasteiger partial charge in [0.25, 0.3) is 0 Å². The van der Waals surface area contributed by atoms with Crippen molar-refractivity contribution >= 4 is 17.6 Å². The van der Waals surface area contributed by atoms with E-state index in [0.29, 0.717) is 11.5 Å². The van der Waals surface area contributed by atoms with Crippen LogP contribution in [0.15, 0.2) is 29.8 Å². The number of hydrogen-bond acceptors (Lipinski definition) is 1. The zero-order valence-corrected chi connectivity index (χ0v) is 13.6. The molecule has 0 amide bonds. The van der Waals surface area contributed by atoms with Crippen LogP contribution in [0.1, 0.15) is 44.6 Å². The molecule has 0 heterocycles. The Morgan fingerprint density at radius 1 is 1.36 bits per heavy atom. The van der Waals surface area contributed by atoms with Crippen molar-refractivity contribution in [2.24, 2.45) is 11.8 Å². The molecule has 0 atom stereocenters. The second-order valence-electron chi connectivity index (χ2n) is 6.05. The van der Waals surface area contributed by atoms with Gasteiger partial charge in [0.1, 0.15) is 5.82 Å². The lowest BCUT2D eigenvalue weighted by Gasteiger charge is -2.29. The van der Waals surface area contributed by atoms with Crippen LogP contribution >= 0.6 is 11.6 Å². The highest BCUT2D eigenvalue weighted by molar-refractivity contribution is 6.30. The van der Waals surface area contributed by atoms with Crippen molar-refractivity contribution in [3.05, 3.63) is 46.3 Å². The van der Waals surface area contributed by atoms with E-state index in [-0.39, 0.29) is 16.8 Å². The first-order valence-electron chi connectivity index (χ1n) is 7.84. The van der Waals surface area contributed by atoms with Crippen LogP contribution in [0.2, 0.25) is 5.02 Å². The zero-order chi connectivity index (χ0) is 16.1. The van der Waals surface area contributed by atoms with Gasteiger partial charge in [0.15, 0.2) is 0 Å². The maximum atomic E-state index is 13.4. The Morgan fingerprint density at radius 3 is 2.59 bits per heavy atom. The van der Waals surface area contributed by atoms with E-state index in [1.807, 2.05) is 6.07 Å². The molecule has 0 spiro atoms. The normalized spacial score (nSPS) is 22.6. The molecule has 1 saturated carbocycles. The van der Waals surface area contributed by atoms with Gasteiger partial charge >= 0.3 is 5.97 Å². The molecule has 120 valence electrons. The molecule has 0 unspecified atom stereocenters. The molecule has 0 aliphatic heterocycles. The van der Waals surface area contributed by atoms with Crippen molar-refractivity contribution in [1.29, 1.82) is 0 Å². The minimum absolute atomic E-state index is 0.164. The fraction of sp³-hybridized carbons (Fsp3) is 0.500. The second kappa shape index (κ2) is 7.77. The third-order valence-corrected chi connectivity index (χ3v) is 4.98. The van der Waals surface area contributed by atoms with Gasteiger partial charge in [-0.05, 0) is 75.0 Å². The predicted molar refractivity (Wildman–Crippen MR) is 86.6 cm³/mol. The molecule has 2 nitrogen and oxygen atoms in total. The van der Waals surface area contributed by atoms with Gasteiger partial charge in [-0.1, -0.05) is 23.7 Å². The maximum absolute atomic E-state index is 13.4. The number of aryl methyl sites for hydroxylation is 1. The number of aliphatic carboxylic acids is 1. The molecule has 2 rings (SSSR count). The van der Waals surface area contributed by atoms with E-state index in [9.17, 15) is 14.3 Å². The first-order valence-corrected chi connectivity index (χ1v) is 8.22. The van der Waals surface area contributed by atoms with Crippen LogP contribution < -0.4 is 0 Å². The van der Waals surface area contributed by atoms with Gasteiger partial charge in [-0.2, -0.15) is 0 Å². The molecule has 0 radical (unpaired) electrons. The predicted octanol–water partition coefficient (Wildman–Crippen LogP) is 5.25. The van der Waals surface area contributed by atoms with Gasteiger partial charge in [0, 0.05) is 5.57 Å². The van der Waals surface area contributed by atoms with Gasteiger partial charge in [0.2, 0.25) is 0 Å². The zero-order valence-electron chi connectivity index (χ0n) is 12.8. The third-order valence-electron chi connectivity index (χ3n) is 4.67. The fourth-order valence-corrected chi connectivity index (χ4v) is 3.48. The SMILES string of the molecule is CC=C(C(=O)O)[C@H]1CC[C@H](CCc2ccc(Cl)c(F)c2)CC1. The van der Waals surface area contributed by atoms with E-state index < -0.39 is 5.97 Å². The minimum Gasteiger partial charge on any atom is -0.478 e. The van der Waals surface area contributed by atoms with Crippen molar-refractivity contribution in [2.75, 3.05) is 0 Å². The summed E-state index contributed by atoms with van der Waals surface area (Å²) in [6.07, 6.45) is 7.56. The Labute approximate surface area is 136 Å².